The van der Waals surface area contributed by atoms with Crippen molar-refractivity contribution in [2.75, 3.05) is 46.4 Å². The summed E-state index contributed by atoms with van der Waals surface area (Å²) < 4.78 is 11.0. The third-order valence-corrected chi connectivity index (χ3v) is 5.32. The topological polar surface area (TPSA) is 70.7 Å². The van der Waals surface area contributed by atoms with Gasteiger partial charge in [-0.15, -0.1) is 0 Å². The van der Waals surface area contributed by atoms with Gasteiger partial charge in [0.25, 0.3) is 5.91 Å². The monoisotopic (exact) mass is 370 g/mol. The van der Waals surface area contributed by atoms with E-state index in [4.69, 9.17) is 9.47 Å². The maximum atomic E-state index is 12.8. The van der Waals surface area contributed by atoms with Gasteiger partial charge in [0, 0.05) is 44.9 Å². The number of benzene rings is 1. The number of amides is 1. The molecule has 144 valence electrons. The molecular formula is C20H26N4O3. The van der Waals surface area contributed by atoms with E-state index < -0.39 is 0 Å². The number of aromatic nitrogens is 2. The van der Waals surface area contributed by atoms with Gasteiger partial charge in [0.05, 0.1) is 18.9 Å². The molecule has 0 spiro atoms. The second-order valence-corrected chi connectivity index (χ2v) is 7.13. The summed E-state index contributed by atoms with van der Waals surface area (Å²) in [6.07, 6.45) is 2.68. The third kappa shape index (κ3) is 4.14. The van der Waals surface area contributed by atoms with E-state index in [1.807, 2.05) is 35.2 Å². The molecule has 3 heterocycles. The molecule has 1 unspecified atom stereocenters. The van der Waals surface area contributed by atoms with Crippen molar-refractivity contribution in [1.29, 1.82) is 0 Å². The SMILES string of the molecule is COc1cccc(-c2cc(C(=O)N3CCN(CC4CCCO4)CC3)[nH]n2)c1. The van der Waals surface area contributed by atoms with Crippen molar-refractivity contribution >= 4 is 5.91 Å². The highest BCUT2D eigenvalue weighted by Crippen LogP contribution is 2.23. The van der Waals surface area contributed by atoms with Crippen LogP contribution < -0.4 is 4.74 Å². The van der Waals surface area contributed by atoms with Crippen LogP contribution in [0.25, 0.3) is 11.3 Å². The molecule has 2 aliphatic rings. The van der Waals surface area contributed by atoms with Crippen LogP contribution in [-0.2, 0) is 4.74 Å². The maximum Gasteiger partial charge on any atom is 0.271 e. The molecule has 1 amide bonds. The smallest absolute Gasteiger partial charge is 0.271 e. The fraction of sp³-hybridized carbons (Fsp3) is 0.500. The van der Waals surface area contributed by atoms with Gasteiger partial charge >= 0.3 is 0 Å². The number of piperazine rings is 1. The summed E-state index contributed by atoms with van der Waals surface area (Å²) in [7, 11) is 1.64. The van der Waals surface area contributed by atoms with Crippen molar-refractivity contribution in [2.24, 2.45) is 0 Å². The van der Waals surface area contributed by atoms with Gasteiger partial charge in [-0.2, -0.15) is 5.10 Å². The highest BCUT2D eigenvalue weighted by atomic mass is 16.5. The number of nitrogens with zero attached hydrogens (tertiary/aromatic N) is 3. The van der Waals surface area contributed by atoms with E-state index in [1.165, 1.54) is 6.42 Å². The molecule has 2 fully saturated rings. The lowest BCUT2D eigenvalue weighted by Gasteiger charge is -2.35. The summed E-state index contributed by atoms with van der Waals surface area (Å²) in [6.45, 7) is 5.12. The van der Waals surface area contributed by atoms with Gasteiger partial charge in [-0.25, -0.2) is 0 Å². The molecule has 0 saturated carbocycles. The molecule has 0 bridgehead atoms. The predicted octanol–water partition coefficient (Wildman–Crippen LogP) is 2.02. The third-order valence-electron chi connectivity index (χ3n) is 5.32. The molecular weight excluding hydrogens is 344 g/mol. The molecule has 1 aromatic heterocycles. The summed E-state index contributed by atoms with van der Waals surface area (Å²) in [6, 6.07) is 9.48. The molecule has 4 rings (SSSR count). The Kier molecular flexibility index (Phi) is 5.40. The molecule has 7 nitrogen and oxygen atoms in total. The number of rotatable bonds is 5. The minimum Gasteiger partial charge on any atom is -0.497 e. The lowest BCUT2D eigenvalue weighted by atomic mass is 10.1. The number of nitrogens with one attached hydrogen (secondary N) is 1. The standard InChI is InChI=1S/C20H26N4O3/c1-26-16-5-2-4-15(12-16)18-13-19(22-21-18)20(25)24-9-7-23(8-10-24)14-17-6-3-11-27-17/h2,4-5,12-13,17H,3,6-11,14H2,1H3,(H,21,22). The first-order valence-corrected chi connectivity index (χ1v) is 9.56. The second kappa shape index (κ2) is 8.10. The normalized spacial score (nSPS) is 20.8. The lowest BCUT2D eigenvalue weighted by Crippen LogP contribution is -2.50. The Hall–Kier alpha value is -2.38. The number of hydrogen-bond acceptors (Lipinski definition) is 5. The quantitative estimate of drug-likeness (QED) is 0.872. The van der Waals surface area contributed by atoms with E-state index in [0.29, 0.717) is 11.8 Å². The van der Waals surface area contributed by atoms with Gasteiger partial charge in [0.15, 0.2) is 0 Å². The Morgan fingerprint density at radius 3 is 2.89 bits per heavy atom. The molecule has 2 aromatic rings. The molecule has 0 aliphatic carbocycles. The number of H-pyrrole nitrogens is 1. The Bertz CT molecular complexity index is 777. The van der Waals surface area contributed by atoms with Gasteiger partial charge in [-0.05, 0) is 31.0 Å². The van der Waals surface area contributed by atoms with Crippen LogP contribution in [0.1, 0.15) is 23.3 Å². The average Bonchev–Trinajstić information content (AvgIpc) is 3.40. The van der Waals surface area contributed by atoms with E-state index in [2.05, 4.69) is 15.1 Å². The zero-order chi connectivity index (χ0) is 18.6. The minimum absolute atomic E-state index is 0.00779. The number of hydrogen-bond donors (Lipinski definition) is 1. The van der Waals surface area contributed by atoms with E-state index in [0.717, 1.165) is 62.8 Å². The second-order valence-electron chi connectivity index (χ2n) is 7.13. The molecule has 1 N–H and O–H groups in total. The predicted molar refractivity (Wildman–Crippen MR) is 102 cm³/mol. The van der Waals surface area contributed by atoms with Gasteiger partial charge < -0.3 is 14.4 Å². The fourth-order valence-electron chi connectivity index (χ4n) is 3.74. The summed E-state index contributed by atoms with van der Waals surface area (Å²) in [5, 5.41) is 7.20. The first-order chi connectivity index (χ1) is 13.2. The van der Waals surface area contributed by atoms with Crippen LogP contribution in [0.2, 0.25) is 0 Å². The molecule has 2 aliphatic heterocycles. The minimum atomic E-state index is 0.00779. The summed E-state index contributed by atoms with van der Waals surface area (Å²) in [5.74, 6) is 0.777. The number of aromatic amines is 1. The summed E-state index contributed by atoms with van der Waals surface area (Å²) >= 11 is 0. The van der Waals surface area contributed by atoms with Gasteiger partial charge in [-0.3, -0.25) is 14.8 Å². The van der Waals surface area contributed by atoms with Crippen LogP contribution in [0, 0.1) is 0 Å². The zero-order valence-electron chi connectivity index (χ0n) is 15.7. The fourth-order valence-corrected chi connectivity index (χ4v) is 3.74. The molecule has 1 atom stereocenters. The van der Waals surface area contributed by atoms with Crippen LogP contribution in [0.3, 0.4) is 0 Å². The summed E-state index contributed by atoms with van der Waals surface area (Å²) in [5.41, 5.74) is 2.20. The van der Waals surface area contributed by atoms with Crippen molar-refractivity contribution in [3.8, 4) is 17.0 Å². The van der Waals surface area contributed by atoms with E-state index in [-0.39, 0.29) is 5.91 Å². The first-order valence-electron chi connectivity index (χ1n) is 9.56. The number of methoxy groups -OCH3 is 1. The molecule has 27 heavy (non-hydrogen) atoms. The number of carbonyl (C=O) groups excluding carboxylic acids is 1. The van der Waals surface area contributed by atoms with Crippen LogP contribution in [0.5, 0.6) is 5.75 Å². The average molecular weight is 370 g/mol. The molecule has 0 radical (unpaired) electrons. The highest BCUT2D eigenvalue weighted by molar-refractivity contribution is 5.93. The van der Waals surface area contributed by atoms with Gasteiger partial charge in [0.2, 0.25) is 0 Å². The lowest BCUT2D eigenvalue weighted by molar-refractivity contribution is 0.0430. The van der Waals surface area contributed by atoms with Crippen LogP contribution in [-0.4, -0.2) is 78.4 Å². The van der Waals surface area contributed by atoms with Crippen LogP contribution >= 0.6 is 0 Å². The Morgan fingerprint density at radius 1 is 1.30 bits per heavy atom. The Labute approximate surface area is 159 Å². The van der Waals surface area contributed by atoms with Crippen molar-refractivity contribution in [3.63, 3.8) is 0 Å². The van der Waals surface area contributed by atoms with E-state index in [9.17, 15) is 4.79 Å². The molecule has 2 saturated heterocycles. The molecule has 7 heteroatoms. The Morgan fingerprint density at radius 2 is 2.15 bits per heavy atom. The van der Waals surface area contributed by atoms with Crippen molar-refractivity contribution in [2.45, 2.75) is 18.9 Å². The van der Waals surface area contributed by atoms with Crippen LogP contribution in [0.15, 0.2) is 30.3 Å². The Balaban J connectivity index is 1.35. The maximum absolute atomic E-state index is 12.8. The summed E-state index contributed by atoms with van der Waals surface area (Å²) in [4.78, 5) is 17.1. The number of ether oxygens (including phenoxy) is 2. The van der Waals surface area contributed by atoms with Gasteiger partial charge in [-0.1, -0.05) is 12.1 Å². The number of carbonyl (C=O) groups is 1. The molecule has 1 aromatic carbocycles. The zero-order valence-corrected chi connectivity index (χ0v) is 15.7. The van der Waals surface area contributed by atoms with Gasteiger partial charge in [0.1, 0.15) is 11.4 Å². The van der Waals surface area contributed by atoms with Crippen molar-refractivity contribution < 1.29 is 14.3 Å². The van der Waals surface area contributed by atoms with Crippen molar-refractivity contribution in [1.82, 2.24) is 20.0 Å². The van der Waals surface area contributed by atoms with E-state index >= 15 is 0 Å². The highest BCUT2D eigenvalue weighted by Gasteiger charge is 2.26. The van der Waals surface area contributed by atoms with E-state index in [1.54, 1.807) is 7.11 Å². The van der Waals surface area contributed by atoms with Crippen LogP contribution in [0.4, 0.5) is 0 Å². The first kappa shape index (κ1) is 18.0. The largest absolute Gasteiger partial charge is 0.497 e. The van der Waals surface area contributed by atoms with Crippen molar-refractivity contribution in [3.05, 3.63) is 36.0 Å².